The summed E-state index contributed by atoms with van der Waals surface area (Å²) in [5.74, 6) is 2.75. The average molecular weight is 532 g/mol. The second-order valence-corrected chi connectivity index (χ2v) is 10.0. The van der Waals surface area contributed by atoms with E-state index >= 15 is 0 Å². The third-order valence-electron chi connectivity index (χ3n) is 6.96. The number of carbonyl (C=O) groups is 1. The van der Waals surface area contributed by atoms with Crippen LogP contribution < -0.4 is 15.5 Å². The van der Waals surface area contributed by atoms with E-state index in [0.29, 0.717) is 49.7 Å². The molecule has 0 spiro atoms. The summed E-state index contributed by atoms with van der Waals surface area (Å²) in [6, 6.07) is 7.14. The molecule has 1 saturated heterocycles. The van der Waals surface area contributed by atoms with Crippen molar-refractivity contribution in [3.05, 3.63) is 65.6 Å². The SMILES string of the molecule is Cc1cc(Nc2cc(C3CC3)[nH]n2)nc(N2CCN(C(=O)N[C@@H](C)c3ccc(-n4cc(F)cn4)nc3)CC2)n1. The minimum Gasteiger partial charge on any atom is -0.337 e. The maximum atomic E-state index is 13.2. The van der Waals surface area contributed by atoms with Crippen molar-refractivity contribution in [2.45, 2.75) is 38.6 Å². The molecule has 12 nitrogen and oxygen atoms in total. The lowest BCUT2D eigenvalue weighted by atomic mass is 10.1. The van der Waals surface area contributed by atoms with Gasteiger partial charge in [-0.2, -0.15) is 15.2 Å². The van der Waals surface area contributed by atoms with Crippen LogP contribution in [0.2, 0.25) is 0 Å². The Bertz CT molecular complexity index is 1450. The van der Waals surface area contributed by atoms with E-state index in [1.54, 1.807) is 17.2 Å². The lowest BCUT2D eigenvalue weighted by molar-refractivity contribution is 0.191. The molecule has 1 atom stereocenters. The molecule has 39 heavy (non-hydrogen) atoms. The number of piperazine rings is 1. The highest BCUT2D eigenvalue weighted by atomic mass is 19.1. The van der Waals surface area contributed by atoms with Crippen LogP contribution >= 0.6 is 0 Å². The lowest BCUT2D eigenvalue weighted by Crippen LogP contribution is -2.52. The largest absolute Gasteiger partial charge is 0.337 e. The number of aromatic amines is 1. The zero-order chi connectivity index (χ0) is 26.9. The predicted molar refractivity (Wildman–Crippen MR) is 143 cm³/mol. The van der Waals surface area contributed by atoms with E-state index in [1.807, 2.05) is 32.0 Å². The first-order chi connectivity index (χ1) is 18.9. The number of nitrogens with zero attached hydrogens (tertiary/aromatic N) is 8. The Morgan fingerprint density at radius 1 is 1.10 bits per heavy atom. The highest BCUT2D eigenvalue weighted by molar-refractivity contribution is 5.75. The van der Waals surface area contributed by atoms with Crippen LogP contribution in [-0.2, 0) is 0 Å². The van der Waals surface area contributed by atoms with Gasteiger partial charge in [0.2, 0.25) is 5.95 Å². The van der Waals surface area contributed by atoms with Gasteiger partial charge in [-0.05, 0) is 38.3 Å². The Morgan fingerprint density at radius 3 is 2.62 bits per heavy atom. The molecule has 0 radical (unpaired) electrons. The molecule has 4 aromatic rings. The van der Waals surface area contributed by atoms with Gasteiger partial charge in [-0.15, -0.1) is 0 Å². The number of aryl methyl sites for hydroxylation is 1. The van der Waals surface area contributed by atoms with Gasteiger partial charge < -0.3 is 20.4 Å². The first-order valence-corrected chi connectivity index (χ1v) is 13.1. The number of hydrogen-bond acceptors (Lipinski definition) is 8. The summed E-state index contributed by atoms with van der Waals surface area (Å²) in [5.41, 5.74) is 2.85. The van der Waals surface area contributed by atoms with Crippen molar-refractivity contribution in [2.24, 2.45) is 0 Å². The van der Waals surface area contributed by atoms with Crippen LogP contribution in [0.15, 0.2) is 42.9 Å². The third kappa shape index (κ3) is 5.66. The average Bonchev–Trinajstić information content (AvgIpc) is 3.53. The number of carbonyl (C=O) groups excluding carboxylic acids is 1. The topological polar surface area (TPSA) is 133 Å². The summed E-state index contributed by atoms with van der Waals surface area (Å²) >= 11 is 0. The fourth-order valence-corrected chi connectivity index (χ4v) is 4.58. The van der Waals surface area contributed by atoms with Gasteiger partial charge in [-0.25, -0.2) is 23.8 Å². The van der Waals surface area contributed by atoms with E-state index < -0.39 is 5.82 Å². The van der Waals surface area contributed by atoms with Crippen molar-refractivity contribution >= 4 is 23.6 Å². The van der Waals surface area contributed by atoms with Gasteiger partial charge in [0.25, 0.3) is 0 Å². The Morgan fingerprint density at radius 2 is 1.92 bits per heavy atom. The van der Waals surface area contributed by atoms with Gasteiger partial charge in [0.05, 0.1) is 18.4 Å². The summed E-state index contributed by atoms with van der Waals surface area (Å²) in [6.07, 6.45) is 6.47. The molecular formula is C26H30FN11O. The number of hydrogen-bond donors (Lipinski definition) is 3. The first-order valence-electron chi connectivity index (χ1n) is 13.1. The Kier molecular flexibility index (Phi) is 6.55. The van der Waals surface area contributed by atoms with Crippen molar-refractivity contribution in [3.8, 4) is 5.82 Å². The van der Waals surface area contributed by atoms with E-state index in [1.165, 1.54) is 23.7 Å². The molecule has 0 bridgehead atoms. The van der Waals surface area contributed by atoms with Crippen LogP contribution in [0, 0.1) is 12.7 Å². The van der Waals surface area contributed by atoms with Crippen LogP contribution in [0.4, 0.5) is 26.8 Å². The second kappa shape index (κ2) is 10.3. The third-order valence-corrected chi connectivity index (χ3v) is 6.96. The highest BCUT2D eigenvalue weighted by Gasteiger charge is 2.26. The molecule has 2 fully saturated rings. The molecule has 0 unspecified atom stereocenters. The second-order valence-electron chi connectivity index (χ2n) is 10.0. The number of rotatable bonds is 7. The van der Waals surface area contributed by atoms with Gasteiger partial charge in [-0.3, -0.25) is 5.10 Å². The smallest absolute Gasteiger partial charge is 0.317 e. The monoisotopic (exact) mass is 531 g/mol. The number of anilines is 3. The number of urea groups is 1. The number of nitrogens with one attached hydrogen (secondary N) is 3. The van der Waals surface area contributed by atoms with Gasteiger partial charge >= 0.3 is 6.03 Å². The molecule has 13 heteroatoms. The molecule has 2 aliphatic rings. The summed E-state index contributed by atoms with van der Waals surface area (Å²) < 4.78 is 14.6. The van der Waals surface area contributed by atoms with Crippen molar-refractivity contribution < 1.29 is 9.18 Å². The van der Waals surface area contributed by atoms with E-state index in [9.17, 15) is 9.18 Å². The zero-order valence-corrected chi connectivity index (χ0v) is 21.8. The normalized spacial score (nSPS) is 16.3. The first kappa shape index (κ1) is 24.8. The quantitative estimate of drug-likeness (QED) is 0.330. The molecule has 2 amide bonds. The maximum absolute atomic E-state index is 13.2. The molecule has 0 aromatic carbocycles. The van der Waals surface area contributed by atoms with E-state index in [-0.39, 0.29) is 12.1 Å². The number of halogens is 1. The molecule has 6 rings (SSSR count). The van der Waals surface area contributed by atoms with Crippen molar-refractivity contribution in [1.29, 1.82) is 0 Å². The predicted octanol–water partition coefficient (Wildman–Crippen LogP) is 3.44. The maximum Gasteiger partial charge on any atom is 0.317 e. The minimum atomic E-state index is -0.427. The van der Waals surface area contributed by atoms with E-state index in [0.717, 1.165) is 29.0 Å². The van der Waals surface area contributed by atoms with Gasteiger partial charge in [0.1, 0.15) is 5.82 Å². The summed E-state index contributed by atoms with van der Waals surface area (Å²) in [7, 11) is 0. The van der Waals surface area contributed by atoms with Crippen molar-refractivity contribution in [3.63, 3.8) is 0 Å². The highest BCUT2D eigenvalue weighted by Crippen LogP contribution is 2.39. The number of amides is 2. The number of pyridine rings is 1. The van der Waals surface area contributed by atoms with Crippen LogP contribution in [0.1, 0.15) is 48.7 Å². The molecule has 1 saturated carbocycles. The fourth-order valence-electron chi connectivity index (χ4n) is 4.58. The number of aromatic nitrogens is 7. The summed E-state index contributed by atoms with van der Waals surface area (Å²) in [4.78, 5) is 30.5. The van der Waals surface area contributed by atoms with Gasteiger partial charge in [0.15, 0.2) is 17.5 Å². The van der Waals surface area contributed by atoms with Crippen LogP contribution in [-0.4, -0.2) is 72.0 Å². The molecular weight excluding hydrogens is 501 g/mol. The molecule has 1 aliphatic carbocycles. The standard InChI is InChI=1S/C26H30FN11O/c1-16-11-22(32-23-12-21(34-35-23)18-3-4-18)33-25(30-16)36-7-9-37(10-8-36)26(39)31-17(2)19-5-6-24(28-13-19)38-15-20(27)14-29-38/h5-6,11-15,17-18H,3-4,7-10H2,1-2H3,(H,31,39)(H2,30,32,33,34,35)/t17-/m0/s1. The molecule has 5 heterocycles. The summed E-state index contributed by atoms with van der Waals surface area (Å²) in [6.45, 7) is 6.18. The zero-order valence-electron chi connectivity index (χ0n) is 21.8. The fraction of sp³-hybridized carbons (Fsp3) is 0.385. The van der Waals surface area contributed by atoms with Crippen molar-refractivity contribution in [1.82, 2.24) is 45.1 Å². The Balaban J connectivity index is 1.03. The lowest BCUT2D eigenvalue weighted by Gasteiger charge is -2.35. The molecule has 202 valence electrons. The Hall–Kier alpha value is -4.55. The van der Waals surface area contributed by atoms with Gasteiger partial charge in [-0.1, -0.05) is 6.07 Å². The van der Waals surface area contributed by atoms with Crippen LogP contribution in [0.5, 0.6) is 0 Å². The van der Waals surface area contributed by atoms with Crippen LogP contribution in [0.25, 0.3) is 5.82 Å². The van der Waals surface area contributed by atoms with E-state index in [4.69, 9.17) is 4.98 Å². The molecule has 1 aliphatic heterocycles. The summed E-state index contributed by atoms with van der Waals surface area (Å²) in [5, 5.41) is 17.7. The van der Waals surface area contributed by atoms with Crippen molar-refractivity contribution in [2.75, 3.05) is 36.4 Å². The van der Waals surface area contributed by atoms with Crippen LogP contribution in [0.3, 0.4) is 0 Å². The van der Waals surface area contributed by atoms with E-state index in [2.05, 4.69) is 40.8 Å². The molecule has 3 N–H and O–H groups in total. The number of H-pyrrole nitrogens is 1. The Labute approximate surface area is 224 Å². The minimum absolute atomic E-state index is 0.141. The van der Waals surface area contributed by atoms with Gasteiger partial charge in [0, 0.05) is 61.8 Å². The molecule has 4 aromatic heterocycles.